The van der Waals surface area contributed by atoms with E-state index >= 15 is 0 Å². The van der Waals surface area contributed by atoms with E-state index in [0.29, 0.717) is 0 Å². The zero-order valence-electron chi connectivity index (χ0n) is 13.5. The van der Waals surface area contributed by atoms with Crippen molar-refractivity contribution in [2.24, 2.45) is 0 Å². The first-order valence-corrected chi connectivity index (χ1v) is 7.49. The van der Waals surface area contributed by atoms with Crippen molar-refractivity contribution < 1.29 is 0 Å². The highest BCUT2D eigenvalue weighted by Crippen LogP contribution is 2.21. The minimum absolute atomic E-state index is 0.749. The van der Waals surface area contributed by atoms with Crippen LogP contribution in [0, 0.1) is 6.92 Å². The molecule has 0 spiro atoms. The van der Waals surface area contributed by atoms with Crippen LogP contribution in [0.5, 0.6) is 0 Å². The van der Waals surface area contributed by atoms with Crippen LogP contribution in [-0.2, 0) is 6.54 Å². The highest BCUT2D eigenvalue weighted by atomic mass is 15.1. The molecule has 0 aliphatic rings. The molecule has 0 atom stereocenters. The van der Waals surface area contributed by atoms with E-state index < -0.39 is 0 Å². The Bertz CT molecular complexity index is 686. The number of aryl methyl sites for hydroxylation is 1. The van der Waals surface area contributed by atoms with Gasteiger partial charge in [0.15, 0.2) is 0 Å². The van der Waals surface area contributed by atoms with Crippen LogP contribution in [0.15, 0.2) is 41.5 Å². The smallest absolute Gasteiger partial charge is 0.112 e. The van der Waals surface area contributed by atoms with Crippen LogP contribution in [0.3, 0.4) is 0 Å². The molecule has 0 saturated carbocycles. The van der Waals surface area contributed by atoms with Crippen LogP contribution in [0.1, 0.15) is 39.4 Å². The van der Waals surface area contributed by atoms with Crippen molar-refractivity contribution in [3.05, 3.63) is 47.3 Å². The lowest BCUT2D eigenvalue weighted by Gasteiger charge is -2.05. The summed E-state index contributed by atoms with van der Waals surface area (Å²) in [5.41, 5.74) is 11.6. The van der Waals surface area contributed by atoms with Crippen LogP contribution >= 0.6 is 0 Å². The van der Waals surface area contributed by atoms with Gasteiger partial charge in [0, 0.05) is 6.54 Å². The summed E-state index contributed by atoms with van der Waals surface area (Å²) in [5.74, 6) is 1.01. The largest absolute Gasteiger partial charge is 0.397 e. The monoisotopic (exact) mass is 283 g/mol. The average molecular weight is 283 g/mol. The lowest BCUT2D eigenvalue weighted by Crippen LogP contribution is -1.98. The first kappa shape index (κ1) is 15.4. The van der Waals surface area contributed by atoms with Crippen LogP contribution in [0.25, 0.3) is 11.0 Å². The number of anilines is 1. The molecular weight excluding hydrogens is 258 g/mol. The molecule has 21 heavy (non-hydrogen) atoms. The Morgan fingerprint density at radius 2 is 2.00 bits per heavy atom. The van der Waals surface area contributed by atoms with Gasteiger partial charge >= 0.3 is 0 Å². The van der Waals surface area contributed by atoms with E-state index in [1.165, 1.54) is 11.1 Å². The number of hydrogen-bond acceptors (Lipinski definition) is 2. The van der Waals surface area contributed by atoms with E-state index in [2.05, 4.69) is 48.5 Å². The van der Waals surface area contributed by atoms with Gasteiger partial charge in [-0.1, -0.05) is 29.4 Å². The first-order valence-electron chi connectivity index (χ1n) is 7.49. The number of hydrogen-bond donors (Lipinski definition) is 1. The van der Waals surface area contributed by atoms with Gasteiger partial charge in [0.1, 0.15) is 11.3 Å². The zero-order valence-corrected chi connectivity index (χ0v) is 13.5. The Morgan fingerprint density at radius 1 is 1.24 bits per heavy atom. The van der Waals surface area contributed by atoms with Gasteiger partial charge in [-0.2, -0.15) is 0 Å². The van der Waals surface area contributed by atoms with Gasteiger partial charge in [-0.25, -0.2) is 4.98 Å². The van der Waals surface area contributed by atoms with Crippen molar-refractivity contribution in [1.82, 2.24) is 9.55 Å². The lowest BCUT2D eigenvalue weighted by atomic mass is 10.1. The fraction of sp³-hybridized carbons (Fsp3) is 0.389. The molecule has 0 amide bonds. The second-order valence-corrected chi connectivity index (χ2v) is 5.86. The second kappa shape index (κ2) is 6.61. The van der Waals surface area contributed by atoms with E-state index in [9.17, 15) is 0 Å². The van der Waals surface area contributed by atoms with E-state index in [-0.39, 0.29) is 0 Å². The van der Waals surface area contributed by atoms with E-state index in [1.807, 2.05) is 19.1 Å². The Balaban J connectivity index is 2.15. The minimum atomic E-state index is 0.749. The van der Waals surface area contributed by atoms with Crippen molar-refractivity contribution in [1.29, 1.82) is 0 Å². The Kier molecular flexibility index (Phi) is 4.84. The number of nitrogen functional groups attached to an aromatic ring is 1. The minimum Gasteiger partial charge on any atom is -0.397 e. The topological polar surface area (TPSA) is 43.8 Å². The molecule has 3 nitrogen and oxygen atoms in total. The number of aromatic nitrogens is 2. The van der Waals surface area contributed by atoms with Gasteiger partial charge in [0.25, 0.3) is 0 Å². The van der Waals surface area contributed by atoms with Crippen molar-refractivity contribution in [3.8, 4) is 0 Å². The van der Waals surface area contributed by atoms with E-state index in [1.54, 1.807) is 0 Å². The molecule has 0 fully saturated rings. The van der Waals surface area contributed by atoms with Crippen molar-refractivity contribution in [3.63, 3.8) is 0 Å². The molecule has 1 heterocycles. The van der Waals surface area contributed by atoms with Gasteiger partial charge < -0.3 is 10.3 Å². The summed E-state index contributed by atoms with van der Waals surface area (Å²) < 4.78 is 2.22. The molecule has 0 unspecified atom stereocenters. The Morgan fingerprint density at radius 3 is 2.71 bits per heavy atom. The molecule has 2 aromatic rings. The summed E-state index contributed by atoms with van der Waals surface area (Å²) in [6.07, 6.45) is 6.80. The molecular formula is C18H25N3. The molecule has 1 aromatic heterocycles. The van der Waals surface area contributed by atoms with Crippen LogP contribution in [0.2, 0.25) is 0 Å². The normalized spacial score (nSPS) is 11.9. The SMILES string of the molecule is CC(C)=CCC/C(C)=C/Cn1c(C)nc2c(N)cccc21. The van der Waals surface area contributed by atoms with Crippen molar-refractivity contribution in [2.75, 3.05) is 5.73 Å². The van der Waals surface area contributed by atoms with Gasteiger partial charge in [-0.15, -0.1) is 0 Å². The number of nitrogens with zero attached hydrogens (tertiary/aromatic N) is 2. The molecule has 0 bridgehead atoms. The second-order valence-electron chi connectivity index (χ2n) is 5.86. The fourth-order valence-electron chi connectivity index (χ4n) is 2.45. The maximum atomic E-state index is 5.99. The number of imidazole rings is 1. The highest BCUT2D eigenvalue weighted by molar-refractivity contribution is 5.87. The molecule has 0 aliphatic carbocycles. The molecule has 2 N–H and O–H groups in total. The standard InChI is InChI=1S/C18H25N3/c1-13(2)7-5-8-14(3)11-12-21-15(4)20-18-16(19)9-6-10-17(18)21/h6-7,9-11H,5,8,12,19H2,1-4H3/b14-11+. The summed E-state index contributed by atoms with van der Waals surface area (Å²) in [5, 5.41) is 0. The first-order chi connectivity index (χ1) is 9.99. The predicted octanol–water partition coefficient (Wildman–Crippen LogP) is 4.62. The third-order valence-electron chi connectivity index (χ3n) is 3.71. The van der Waals surface area contributed by atoms with Gasteiger partial charge in [0.05, 0.1) is 11.2 Å². The van der Waals surface area contributed by atoms with E-state index in [0.717, 1.165) is 41.9 Å². The molecule has 0 aliphatic heterocycles. The van der Waals surface area contributed by atoms with Crippen LogP contribution in [0.4, 0.5) is 5.69 Å². The van der Waals surface area contributed by atoms with Crippen molar-refractivity contribution in [2.45, 2.75) is 47.1 Å². The number of fused-ring (bicyclic) bond motifs is 1. The summed E-state index contributed by atoms with van der Waals surface area (Å²) in [6, 6.07) is 5.97. The summed E-state index contributed by atoms with van der Waals surface area (Å²) in [4.78, 5) is 4.58. The van der Waals surface area contributed by atoms with Crippen LogP contribution < -0.4 is 5.73 Å². The average Bonchev–Trinajstić information content (AvgIpc) is 2.73. The van der Waals surface area contributed by atoms with Crippen LogP contribution in [-0.4, -0.2) is 9.55 Å². The lowest BCUT2D eigenvalue weighted by molar-refractivity contribution is 0.794. The molecule has 3 heteroatoms. The molecule has 112 valence electrons. The number of allylic oxidation sites excluding steroid dienone is 4. The molecule has 0 saturated heterocycles. The zero-order chi connectivity index (χ0) is 15.4. The molecule has 1 aromatic carbocycles. The Hall–Kier alpha value is -2.03. The molecule has 0 radical (unpaired) electrons. The Labute approximate surface area is 127 Å². The summed E-state index contributed by atoms with van der Waals surface area (Å²) in [6.45, 7) is 9.37. The fourth-order valence-corrected chi connectivity index (χ4v) is 2.45. The maximum absolute atomic E-state index is 5.99. The third-order valence-corrected chi connectivity index (χ3v) is 3.71. The van der Waals surface area contributed by atoms with Gasteiger partial charge in [0.2, 0.25) is 0 Å². The highest BCUT2D eigenvalue weighted by Gasteiger charge is 2.08. The van der Waals surface area contributed by atoms with Gasteiger partial charge in [-0.05, 0) is 52.7 Å². The predicted molar refractivity (Wildman–Crippen MR) is 91.3 cm³/mol. The number of benzene rings is 1. The quantitative estimate of drug-likeness (QED) is 0.642. The summed E-state index contributed by atoms with van der Waals surface area (Å²) >= 11 is 0. The number of para-hydroxylation sites is 1. The van der Waals surface area contributed by atoms with Crippen molar-refractivity contribution >= 4 is 16.7 Å². The maximum Gasteiger partial charge on any atom is 0.112 e. The van der Waals surface area contributed by atoms with E-state index in [4.69, 9.17) is 5.73 Å². The number of nitrogens with two attached hydrogens (primary N) is 1. The molecule has 2 rings (SSSR count). The van der Waals surface area contributed by atoms with Gasteiger partial charge in [-0.3, -0.25) is 0 Å². The number of rotatable bonds is 5. The summed E-state index contributed by atoms with van der Waals surface area (Å²) in [7, 11) is 0. The third kappa shape index (κ3) is 3.75.